The number of carbonyl (C=O) groups is 1. The van der Waals surface area contributed by atoms with Crippen LogP contribution in [0.5, 0.6) is 0 Å². The van der Waals surface area contributed by atoms with Gasteiger partial charge < -0.3 is 9.55 Å². The summed E-state index contributed by atoms with van der Waals surface area (Å²) in [5.74, 6) is 0.0709. The molecule has 6 nitrogen and oxygen atoms in total. The topological polar surface area (TPSA) is 76.5 Å². The van der Waals surface area contributed by atoms with Gasteiger partial charge in [-0.2, -0.15) is 0 Å². The van der Waals surface area contributed by atoms with Crippen molar-refractivity contribution >= 4 is 17.4 Å². The molecule has 0 amide bonds. The molecule has 8 heteroatoms. The third-order valence-corrected chi connectivity index (χ3v) is 5.01. The van der Waals surface area contributed by atoms with Crippen LogP contribution in [0.2, 0.25) is 5.02 Å². The molecular formula is C22H19ClFN5O. The van der Waals surface area contributed by atoms with E-state index in [1.807, 2.05) is 30.5 Å². The number of hydrogen-bond acceptors (Lipinski definition) is 4. The number of carbonyl (C=O) groups excluding carboxylic acids is 1. The van der Waals surface area contributed by atoms with Crippen molar-refractivity contribution in [1.29, 1.82) is 0 Å². The minimum Gasteiger partial charge on any atom is -0.352 e. The van der Waals surface area contributed by atoms with E-state index in [1.165, 1.54) is 12.1 Å². The molecule has 0 aliphatic rings. The Labute approximate surface area is 177 Å². The molecular weight excluding hydrogens is 405 g/mol. The highest BCUT2D eigenvalue weighted by molar-refractivity contribution is 6.31. The summed E-state index contributed by atoms with van der Waals surface area (Å²) in [5, 5.41) is 8.16. The fourth-order valence-electron chi connectivity index (χ4n) is 3.16. The third-order valence-electron chi connectivity index (χ3n) is 4.72. The summed E-state index contributed by atoms with van der Waals surface area (Å²) in [4.78, 5) is 20.4. The molecule has 30 heavy (non-hydrogen) atoms. The van der Waals surface area contributed by atoms with Gasteiger partial charge >= 0.3 is 0 Å². The van der Waals surface area contributed by atoms with Crippen molar-refractivity contribution in [3.63, 3.8) is 0 Å². The van der Waals surface area contributed by atoms with Gasteiger partial charge in [0, 0.05) is 17.4 Å². The summed E-state index contributed by atoms with van der Waals surface area (Å²) in [5.41, 5.74) is 3.14. The fourth-order valence-corrected chi connectivity index (χ4v) is 3.34. The van der Waals surface area contributed by atoms with Crippen LogP contribution in [0.4, 0.5) is 4.39 Å². The largest absolute Gasteiger partial charge is 0.352 e. The van der Waals surface area contributed by atoms with E-state index in [0.29, 0.717) is 34.2 Å². The van der Waals surface area contributed by atoms with E-state index in [0.717, 1.165) is 0 Å². The van der Waals surface area contributed by atoms with Gasteiger partial charge in [0.25, 0.3) is 0 Å². The molecule has 0 aliphatic heterocycles. The number of hydrogen-bond donors (Lipinski definition) is 1. The average molecular weight is 424 g/mol. The zero-order valence-electron chi connectivity index (χ0n) is 16.4. The summed E-state index contributed by atoms with van der Waals surface area (Å²) in [6.07, 6.45) is 1.80. The molecule has 4 aromatic rings. The number of Topliss-reactive ketones (excluding diaryl/α,β-unsaturated/α-hetero) is 1. The quantitative estimate of drug-likeness (QED) is 0.436. The Bertz CT molecular complexity index is 1210. The Hall–Kier alpha value is -3.32. The second-order valence-electron chi connectivity index (χ2n) is 7.18. The second-order valence-corrected chi connectivity index (χ2v) is 7.59. The van der Waals surface area contributed by atoms with E-state index < -0.39 is 5.82 Å². The molecule has 1 aromatic carbocycles. The van der Waals surface area contributed by atoms with Gasteiger partial charge in [0.2, 0.25) is 0 Å². The maximum Gasteiger partial charge on any atom is 0.184 e. The number of benzene rings is 1. The number of pyridine rings is 1. The van der Waals surface area contributed by atoms with Crippen LogP contribution in [-0.4, -0.2) is 30.5 Å². The fraction of sp³-hybridized carbons (Fsp3) is 0.182. The predicted octanol–water partition coefficient (Wildman–Crippen LogP) is 5.13. The van der Waals surface area contributed by atoms with E-state index >= 15 is 0 Å². The highest BCUT2D eigenvalue weighted by atomic mass is 35.5. The van der Waals surface area contributed by atoms with Crippen molar-refractivity contribution in [2.24, 2.45) is 0 Å². The number of aromatic amines is 1. The first-order valence-electron chi connectivity index (χ1n) is 9.46. The van der Waals surface area contributed by atoms with Crippen LogP contribution < -0.4 is 0 Å². The smallest absolute Gasteiger partial charge is 0.184 e. The number of rotatable bonds is 6. The van der Waals surface area contributed by atoms with E-state index in [4.69, 9.17) is 11.6 Å². The number of nitrogens with zero attached hydrogens (tertiary/aromatic N) is 4. The van der Waals surface area contributed by atoms with Gasteiger partial charge in [-0.25, -0.2) is 9.37 Å². The van der Waals surface area contributed by atoms with Crippen molar-refractivity contribution in [2.45, 2.75) is 26.3 Å². The predicted molar refractivity (Wildman–Crippen MR) is 113 cm³/mol. The average Bonchev–Trinajstić information content (AvgIpc) is 3.40. The Morgan fingerprint density at radius 2 is 2.03 bits per heavy atom. The van der Waals surface area contributed by atoms with Crippen LogP contribution in [0.25, 0.3) is 22.8 Å². The molecule has 0 radical (unpaired) electrons. The molecule has 0 saturated carbocycles. The highest BCUT2D eigenvalue weighted by Crippen LogP contribution is 2.25. The van der Waals surface area contributed by atoms with Crippen LogP contribution >= 0.6 is 11.6 Å². The van der Waals surface area contributed by atoms with Gasteiger partial charge in [-0.15, -0.1) is 10.2 Å². The lowest BCUT2D eigenvalue weighted by molar-refractivity contribution is 0.0988. The van der Waals surface area contributed by atoms with Gasteiger partial charge in [-0.3, -0.25) is 4.79 Å². The Balaban J connectivity index is 1.54. The molecule has 3 heterocycles. The zero-order chi connectivity index (χ0) is 21.3. The highest BCUT2D eigenvalue weighted by Gasteiger charge is 2.15. The molecule has 0 fully saturated rings. The lowest BCUT2D eigenvalue weighted by Crippen LogP contribution is -2.07. The number of H-pyrrole nitrogens is 1. The standard InChI is InChI=1S/C22H19ClFN5O/c1-13(2)29-12-25-28-22(29)20-5-3-4-15(26-20)11-21(30)19-9-8-18(27-19)14-6-7-17(24)16(23)10-14/h3-10,12-13,27H,11H2,1-2H3. The van der Waals surface area contributed by atoms with Crippen LogP contribution in [0, 0.1) is 5.82 Å². The second kappa shape index (κ2) is 8.20. The molecule has 4 rings (SSSR count). The Kier molecular flexibility index (Phi) is 5.46. The molecule has 0 aliphatic carbocycles. The normalized spacial score (nSPS) is 11.2. The number of ketones is 1. The van der Waals surface area contributed by atoms with Crippen molar-refractivity contribution in [1.82, 2.24) is 24.7 Å². The van der Waals surface area contributed by atoms with Gasteiger partial charge in [0.05, 0.1) is 17.1 Å². The van der Waals surface area contributed by atoms with Gasteiger partial charge in [0.15, 0.2) is 11.6 Å². The molecule has 0 bridgehead atoms. The van der Waals surface area contributed by atoms with Gasteiger partial charge in [0.1, 0.15) is 17.8 Å². The number of nitrogens with one attached hydrogen (secondary N) is 1. The number of aromatic nitrogens is 5. The van der Waals surface area contributed by atoms with Crippen molar-refractivity contribution < 1.29 is 9.18 Å². The van der Waals surface area contributed by atoms with E-state index in [2.05, 4.69) is 20.2 Å². The summed E-state index contributed by atoms with van der Waals surface area (Å²) in [7, 11) is 0. The Morgan fingerprint density at radius 1 is 1.20 bits per heavy atom. The van der Waals surface area contributed by atoms with Crippen LogP contribution in [0.1, 0.15) is 36.1 Å². The molecule has 3 aromatic heterocycles. The zero-order valence-corrected chi connectivity index (χ0v) is 17.2. The third kappa shape index (κ3) is 4.02. The molecule has 152 valence electrons. The van der Waals surface area contributed by atoms with E-state index in [1.54, 1.807) is 30.6 Å². The van der Waals surface area contributed by atoms with Crippen molar-refractivity contribution in [3.8, 4) is 22.8 Å². The van der Waals surface area contributed by atoms with Crippen molar-refractivity contribution in [2.75, 3.05) is 0 Å². The molecule has 0 spiro atoms. The monoisotopic (exact) mass is 423 g/mol. The lowest BCUT2D eigenvalue weighted by Gasteiger charge is -2.10. The maximum atomic E-state index is 13.4. The summed E-state index contributed by atoms with van der Waals surface area (Å²) >= 11 is 5.85. The SMILES string of the molecule is CC(C)n1cnnc1-c1cccc(CC(=O)c2ccc(-c3ccc(F)c(Cl)c3)[nH]2)n1. The molecule has 0 saturated heterocycles. The maximum absolute atomic E-state index is 13.4. The molecule has 0 unspecified atom stereocenters. The van der Waals surface area contributed by atoms with Crippen LogP contribution in [-0.2, 0) is 6.42 Å². The summed E-state index contributed by atoms with van der Waals surface area (Å²) in [6.45, 7) is 4.08. The molecule has 1 N–H and O–H groups in total. The van der Waals surface area contributed by atoms with Gasteiger partial charge in [-0.1, -0.05) is 17.7 Å². The van der Waals surface area contributed by atoms with Crippen molar-refractivity contribution in [3.05, 3.63) is 77.1 Å². The van der Waals surface area contributed by atoms with E-state index in [-0.39, 0.29) is 23.3 Å². The minimum absolute atomic E-state index is 0.0326. The van der Waals surface area contributed by atoms with Crippen LogP contribution in [0.3, 0.4) is 0 Å². The molecule has 0 atom stereocenters. The van der Waals surface area contributed by atoms with E-state index in [9.17, 15) is 9.18 Å². The van der Waals surface area contributed by atoms with Crippen LogP contribution in [0.15, 0.2) is 54.9 Å². The first-order valence-corrected chi connectivity index (χ1v) is 9.83. The summed E-state index contributed by atoms with van der Waals surface area (Å²) in [6, 6.07) is 13.6. The lowest BCUT2D eigenvalue weighted by atomic mass is 10.1. The minimum atomic E-state index is -0.484. The van der Waals surface area contributed by atoms with Gasteiger partial charge in [-0.05, 0) is 61.9 Å². The first-order chi connectivity index (χ1) is 14.4. The number of halogens is 2. The first kappa shape index (κ1) is 20.0. The summed E-state index contributed by atoms with van der Waals surface area (Å²) < 4.78 is 15.3. The Morgan fingerprint density at radius 3 is 2.80 bits per heavy atom.